The quantitative estimate of drug-likeness (QED) is 0.119. The molecule has 0 radical (unpaired) electrons. The SMILES string of the molecule is CC#CCn1c(N2CCCC(N=Cc3ccc([N+](=O)[O-])cc3)C2)nc2c1c(=O)n(Cc1nc(C)c3ccccc3n1)c(=O)n2C. The summed E-state index contributed by atoms with van der Waals surface area (Å²) in [5.74, 6) is 6.88. The van der Waals surface area contributed by atoms with Crippen molar-refractivity contribution in [1.29, 1.82) is 0 Å². The lowest BCUT2D eigenvalue weighted by molar-refractivity contribution is -0.384. The van der Waals surface area contributed by atoms with Crippen LogP contribution in [0.4, 0.5) is 11.6 Å². The van der Waals surface area contributed by atoms with Crippen LogP contribution < -0.4 is 16.1 Å². The molecule has 2 aromatic carbocycles. The third-order valence-corrected chi connectivity index (χ3v) is 7.98. The number of hydrogen-bond donors (Lipinski definition) is 0. The Labute approximate surface area is 257 Å². The molecule has 1 fully saturated rings. The molecular formula is C32H31N9O4. The summed E-state index contributed by atoms with van der Waals surface area (Å²) in [6.07, 6.45) is 3.42. The molecular weight excluding hydrogens is 574 g/mol. The number of benzene rings is 2. The molecule has 1 saturated heterocycles. The van der Waals surface area contributed by atoms with Crippen molar-refractivity contribution in [3.63, 3.8) is 0 Å². The Hall–Kier alpha value is -5.64. The Morgan fingerprint density at radius 1 is 1.09 bits per heavy atom. The highest BCUT2D eigenvalue weighted by Gasteiger charge is 2.27. The molecule has 5 aromatic rings. The van der Waals surface area contributed by atoms with Gasteiger partial charge in [-0.2, -0.15) is 4.98 Å². The Kier molecular flexibility index (Phi) is 7.95. The molecule has 13 nitrogen and oxygen atoms in total. The molecule has 0 saturated carbocycles. The van der Waals surface area contributed by atoms with Crippen molar-refractivity contribution in [3.05, 3.63) is 96.6 Å². The van der Waals surface area contributed by atoms with Gasteiger partial charge in [0, 0.05) is 49.6 Å². The van der Waals surface area contributed by atoms with Gasteiger partial charge < -0.3 is 4.90 Å². The van der Waals surface area contributed by atoms with Gasteiger partial charge in [0.25, 0.3) is 11.2 Å². The number of nitro benzene ring substituents is 1. The van der Waals surface area contributed by atoms with Gasteiger partial charge in [-0.3, -0.25) is 33.6 Å². The molecule has 1 atom stereocenters. The second-order valence-corrected chi connectivity index (χ2v) is 10.9. The Bertz CT molecular complexity index is 2150. The van der Waals surface area contributed by atoms with Crippen molar-refractivity contribution < 1.29 is 4.92 Å². The number of imidazole rings is 1. The first-order chi connectivity index (χ1) is 21.7. The van der Waals surface area contributed by atoms with Crippen LogP contribution in [0.2, 0.25) is 0 Å². The number of nitrogens with zero attached hydrogens (tertiary/aromatic N) is 9. The Balaban J connectivity index is 1.36. The molecule has 3 aromatic heterocycles. The summed E-state index contributed by atoms with van der Waals surface area (Å²) in [4.78, 5) is 58.9. The molecule has 1 aliphatic rings. The predicted molar refractivity (Wildman–Crippen MR) is 172 cm³/mol. The van der Waals surface area contributed by atoms with E-state index in [1.54, 1.807) is 36.9 Å². The Morgan fingerprint density at radius 2 is 1.87 bits per heavy atom. The molecule has 1 aliphatic heterocycles. The number of hydrogen-bond acceptors (Lipinski definition) is 9. The molecule has 6 rings (SSSR count). The lowest BCUT2D eigenvalue weighted by Gasteiger charge is -2.31. The average Bonchev–Trinajstić information content (AvgIpc) is 3.44. The van der Waals surface area contributed by atoms with Gasteiger partial charge in [0.05, 0.1) is 29.6 Å². The van der Waals surface area contributed by atoms with Gasteiger partial charge in [-0.05, 0) is 50.5 Å². The Morgan fingerprint density at radius 3 is 2.62 bits per heavy atom. The van der Waals surface area contributed by atoms with Crippen molar-refractivity contribution in [2.24, 2.45) is 12.0 Å². The number of aromatic nitrogens is 6. The van der Waals surface area contributed by atoms with Crippen LogP contribution >= 0.6 is 0 Å². The molecule has 228 valence electrons. The monoisotopic (exact) mass is 605 g/mol. The van der Waals surface area contributed by atoms with E-state index in [0.717, 1.165) is 39.6 Å². The van der Waals surface area contributed by atoms with E-state index in [-0.39, 0.29) is 36.0 Å². The number of piperidine rings is 1. The van der Waals surface area contributed by atoms with Crippen LogP contribution in [0.1, 0.15) is 36.8 Å². The number of anilines is 1. The molecule has 13 heteroatoms. The van der Waals surface area contributed by atoms with Crippen molar-refractivity contribution in [3.8, 4) is 11.8 Å². The molecule has 0 aliphatic carbocycles. The topological polar surface area (TPSA) is 146 Å². The second kappa shape index (κ2) is 12.2. The maximum Gasteiger partial charge on any atom is 0.332 e. The smallest absolute Gasteiger partial charge is 0.332 e. The van der Waals surface area contributed by atoms with Crippen molar-refractivity contribution in [2.75, 3.05) is 18.0 Å². The minimum Gasteiger partial charge on any atom is -0.340 e. The van der Waals surface area contributed by atoms with Crippen LogP contribution in [0, 0.1) is 28.9 Å². The normalized spacial score (nSPS) is 15.1. The number of nitro groups is 1. The minimum atomic E-state index is -0.510. The van der Waals surface area contributed by atoms with Crippen LogP contribution in [-0.2, 0) is 20.1 Å². The number of rotatable bonds is 7. The van der Waals surface area contributed by atoms with Gasteiger partial charge in [-0.25, -0.2) is 14.8 Å². The van der Waals surface area contributed by atoms with Crippen LogP contribution in [-0.4, -0.2) is 58.9 Å². The highest BCUT2D eigenvalue weighted by molar-refractivity contribution is 5.81. The number of non-ortho nitro benzene ring substituents is 1. The molecule has 0 spiro atoms. The van der Waals surface area contributed by atoms with Crippen LogP contribution in [0.5, 0.6) is 0 Å². The maximum atomic E-state index is 14.0. The van der Waals surface area contributed by atoms with Crippen molar-refractivity contribution in [2.45, 2.75) is 45.8 Å². The molecule has 0 amide bonds. The first kappa shape index (κ1) is 29.4. The summed E-state index contributed by atoms with van der Waals surface area (Å²) >= 11 is 0. The summed E-state index contributed by atoms with van der Waals surface area (Å²) in [7, 11) is 1.60. The highest BCUT2D eigenvalue weighted by Crippen LogP contribution is 2.24. The first-order valence-corrected chi connectivity index (χ1v) is 14.6. The fourth-order valence-corrected chi connectivity index (χ4v) is 5.69. The summed E-state index contributed by atoms with van der Waals surface area (Å²) in [6.45, 7) is 4.97. The zero-order valence-electron chi connectivity index (χ0n) is 25.2. The molecule has 1 unspecified atom stereocenters. The molecule has 0 N–H and O–H groups in total. The molecule has 45 heavy (non-hydrogen) atoms. The maximum absolute atomic E-state index is 14.0. The van der Waals surface area contributed by atoms with Gasteiger partial charge in [0.2, 0.25) is 5.95 Å². The van der Waals surface area contributed by atoms with Gasteiger partial charge in [0.1, 0.15) is 5.82 Å². The number of fused-ring (bicyclic) bond motifs is 2. The standard InChI is InChI=1S/C32H31N9O4/c1-4-5-17-39-28-29(36-31(39)38-16-8-9-23(19-38)33-18-22-12-14-24(15-13-22)41(44)45)37(3)32(43)40(30(28)42)20-27-34-21(2)25-10-6-7-11-26(25)35-27/h6-7,10-15,18,23H,8-9,16-17,19-20H2,1-3H3. The second-order valence-electron chi connectivity index (χ2n) is 10.9. The van der Waals surface area contributed by atoms with E-state index in [2.05, 4.69) is 26.7 Å². The number of aliphatic imine (C=N–C) groups is 1. The fraction of sp³-hybridized carbons (Fsp3) is 0.312. The summed E-state index contributed by atoms with van der Waals surface area (Å²) in [5, 5.41) is 11.9. The van der Waals surface area contributed by atoms with Gasteiger partial charge in [-0.1, -0.05) is 24.1 Å². The van der Waals surface area contributed by atoms with E-state index >= 15 is 0 Å². The average molecular weight is 606 g/mol. The molecule has 4 heterocycles. The highest BCUT2D eigenvalue weighted by atomic mass is 16.6. The third kappa shape index (κ3) is 5.70. The van der Waals surface area contributed by atoms with E-state index in [1.165, 1.54) is 16.7 Å². The van der Waals surface area contributed by atoms with E-state index < -0.39 is 16.2 Å². The van der Waals surface area contributed by atoms with E-state index in [4.69, 9.17) is 9.98 Å². The summed E-state index contributed by atoms with van der Waals surface area (Å²) in [5.41, 5.74) is 1.87. The lowest BCUT2D eigenvalue weighted by atomic mass is 10.1. The summed E-state index contributed by atoms with van der Waals surface area (Å²) in [6, 6.07) is 13.8. The van der Waals surface area contributed by atoms with Gasteiger partial charge in [-0.15, -0.1) is 5.92 Å². The lowest BCUT2D eigenvalue weighted by Crippen LogP contribution is -2.40. The van der Waals surface area contributed by atoms with E-state index in [9.17, 15) is 19.7 Å². The fourth-order valence-electron chi connectivity index (χ4n) is 5.69. The van der Waals surface area contributed by atoms with Crippen LogP contribution in [0.15, 0.2) is 63.1 Å². The predicted octanol–water partition coefficient (Wildman–Crippen LogP) is 3.22. The third-order valence-electron chi connectivity index (χ3n) is 7.98. The van der Waals surface area contributed by atoms with Crippen molar-refractivity contribution in [1.82, 2.24) is 28.7 Å². The van der Waals surface area contributed by atoms with Gasteiger partial charge >= 0.3 is 5.69 Å². The largest absolute Gasteiger partial charge is 0.340 e. The first-order valence-electron chi connectivity index (χ1n) is 14.6. The minimum absolute atomic E-state index is 0.0263. The van der Waals surface area contributed by atoms with E-state index in [1.807, 2.05) is 31.2 Å². The van der Waals surface area contributed by atoms with Crippen LogP contribution in [0.3, 0.4) is 0 Å². The van der Waals surface area contributed by atoms with Gasteiger partial charge in [0.15, 0.2) is 11.2 Å². The zero-order chi connectivity index (χ0) is 31.7. The molecule has 0 bridgehead atoms. The van der Waals surface area contributed by atoms with Crippen LogP contribution in [0.25, 0.3) is 22.1 Å². The van der Waals surface area contributed by atoms with E-state index in [0.29, 0.717) is 24.9 Å². The summed E-state index contributed by atoms with van der Waals surface area (Å²) < 4.78 is 4.32. The zero-order valence-corrected chi connectivity index (χ0v) is 25.2. The van der Waals surface area contributed by atoms with Crippen molar-refractivity contribution >= 4 is 39.9 Å². The number of aryl methyl sites for hydroxylation is 2. The number of para-hydroxylation sites is 1.